The Labute approximate surface area is 117 Å². The van der Waals surface area contributed by atoms with Crippen molar-refractivity contribution in [2.24, 2.45) is 5.92 Å². The van der Waals surface area contributed by atoms with Crippen LogP contribution in [0.25, 0.3) is 0 Å². The predicted molar refractivity (Wildman–Crippen MR) is 81.0 cm³/mol. The zero-order valence-corrected chi connectivity index (χ0v) is 12.5. The number of rotatable bonds is 4. The first kappa shape index (κ1) is 15.6. The van der Waals surface area contributed by atoms with E-state index in [9.17, 15) is 4.79 Å². The number of carbonyl (C=O) groups is 1. The van der Waals surface area contributed by atoms with Crippen LogP contribution in [-0.4, -0.2) is 23.8 Å². The van der Waals surface area contributed by atoms with Crippen LogP contribution in [0.4, 0.5) is 0 Å². The highest BCUT2D eigenvalue weighted by Gasteiger charge is 2.21. The lowest BCUT2D eigenvalue weighted by molar-refractivity contribution is -0.118. The topological polar surface area (TPSA) is 20.3 Å². The Bertz CT molecular complexity index is 420. The minimum Gasteiger partial charge on any atom is -0.294 e. The number of carbonyl (C=O) groups excluding carboxylic acids is 1. The molecule has 0 unspecified atom stereocenters. The van der Waals surface area contributed by atoms with E-state index < -0.39 is 0 Å². The molecule has 19 heavy (non-hydrogen) atoms. The molecule has 0 aliphatic carbocycles. The number of Topliss-reactive ketones (excluding diaryl/α,β-unsaturated/α-hetero) is 1. The van der Waals surface area contributed by atoms with Crippen molar-refractivity contribution in [3.63, 3.8) is 0 Å². The molecule has 2 nitrogen and oxygen atoms in total. The van der Waals surface area contributed by atoms with Crippen LogP contribution in [0.3, 0.4) is 0 Å². The number of benzene rings is 1. The van der Waals surface area contributed by atoms with Gasteiger partial charge in [0.25, 0.3) is 0 Å². The Hall–Kier alpha value is -1.41. The van der Waals surface area contributed by atoms with E-state index in [4.69, 9.17) is 0 Å². The molecule has 0 spiro atoms. The largest absolute Gasteiger partial charge is 0.294 e. The molecule has 1 aromatic carbocycles. The van der Waals surface area contributed by atoms with Crippen LogP contribution >= 0.6 is 0 Å². The maximum absolute atomic E-state index is 11.8. The highest BCUT2D eigenvalue weighted by atomic mass is 16.1. The third-order valence-corrected chi connectivity index (χ3v) is 3.08. The van der Waals surface area contributed by atoms with Crippen molar-refractivity contribution in [3.05, 3.63) is 47.5 Å². The van der Waals surface area contributed by atoms with Gasteiger partial charge < -0.3 is 0 Å². The summed E-state index contributed by atoms with van der Waals surface area (Å²) in [5.41, 5.74) is 2.29. The number of hydrogen-bond donors (Lipinski definition) is 0. The van der Waals surface area contributed by atoms with Crippen LogP contribution in [0.15, 0.2) is 42.0 Å². The Balaban J connectivity index is 0.000000861. The third kappa shape index (κ3) is 4.64. The van der Waals surface area contributed by atoms with Gasteiger partial charge in [-0.1, -0.05) is 64.1 Å². The maximum Gasteiger partial charge on any atom is 0.162 e. The van der Waals surface area contributed by atoms with Crippen LogP contribution in [0, 0.1) is 5.92 Å². The van der Waals surface area contributed by atoms with Crippen LogP contribution in [0.2, 0.25) is 0 Å². The normalized spacial score (nSPS) is 14.9. The average molecular weight is 259 g/mol. The zero-order valence-electron chi connectivity index (χ0n) is 12.5. The van der Waals surface area contributed by atoms with Gasteiger partial charge in [0.2, 0.25) is 0 Å². The summed E-state index contributed by atoms with van der Waals surface area (Å²) in [6.45, 7) is 10.5. The molecule has 0 amide bonds. The van der Waals surface area contributed by atoms with E-state index in [1.54, 1.807) is 0 Å². The first-order chi connectivity index (χ1) is 9.16. The second kappa shape index (κ2) is 7.90. The zero-order chi connectivity index (χ0) is 14.3. The molecule has 0 fully saturated rings. The second-order valence-electron chi connectivity index (χ2n) is 4.90. The van der Waals surface area contributed by atoms with Crippen molar-refractivity contribution in [2.45, 2.75) is 34.2 Å². The summed E-state index contributed by atoms with van der Waals surface area (Å²) in [5, 5.41) is 0. The smallest absolute Gasteiger partial charge is 0.162 e. The molecule has 0 aromatic heterocycles. The molecule has 0 atom stereocenters. The lowest BCUT2D eigenvalue weighted by Crippen LogP contribution is -2.22. The first-order valence-electron chi connectivity index (χ1n) is 7.16. The molecule has 104 valence electrons. The Morgan fingerprint density at radius 2 is 1.84 bits per heavy atom. The highest BCUT2D eigenvalue weighted by molar-refractivity contribution is 5.97. The molecule has 0 N–H and O–H groups in total. The Morgan fingerprint density at radius 3 is 2.42 bits per heavy atom. The SMILES string of the molecule is CC.CC(C)C(=O)C1=CCN(Cc2ccccc2)C1. The molecule has 2 rings (SSSR count). The molecule has 0 bridgehead atoms. The minimum atomic E-state index is 0.109. The standard InChI is InChI=1S/C15H19NO.C2H6/c1-12(2)15(17)14-8-9-16(11-14)10-13-6-4-3-5-7-13;1-2/h3-8,12H,9-11H2,1-2H3;1-2H3. The summed E-state index contributed by atoms with van der Waals surface area (Å²) in [6.07, 6.45) is 2.07. The number of nitrogens with zero attached hydrogens (tertiary/aromatic N) is 1. The Morgan fingerprint density at radius 1 is 1.21 bits per heavy atom. The maximum atomic E-state index is 11.8. The average Bonchev–Trinajstić information content (AvgIpc) is 2.89. The van der Waals surface area contributed by atoms with Crippen molar-refractivity contribution in [2.75, 3.05) is 13.1 Å². The first-order valence-corrected chi connectivity index (χ1v) is 7.16. The molecule has 0 saturated carbocycles. The van der Waals surface area contributed by atoms with Crippen LogP contribution in [0.1, 0.15) is 33.3 Å². The minimum absolute atomic E-state index is 0.109. The van der Waals surface area contributed by atoms with E-state index in [1.807, 2.05) is 33.8 Å². The van der Waals surface area contributed by atoms with Crippen LogP contribution in [0.5, 0.6) is 0 Å². The van der Waals surface area contributed by atoms with Gasteiger partial charge in [-0.2, -0.15) is 0 Å². The van der Waals surface area contributed by atoms with Gasteiger partial charge in [-0.25, -0.2) is 0 Å². The van der Waals surface area contributed by atoms with E-state index >= 15 is 0 Å². The van der Waals surface area contributed by atoms with Gasteiger partial charge in [0.1, 0.15) is 0 Å². The third-order valence-electron chi connectivity index (χ3n) is 3.08. The van der Waals surface area contributed by atoms with Crippen molar-refractivity contribution in [1.29, 1.82) is 0 Å². The van der Waals surface area contributed by atoms with Gasteiger partial charge in [0.15, 0.2) is 5.78 Å². The summed E-state index contributed by atoms with van der Waals surface area (Å²) in [6, 6.07) is 10.4. The van der Waals surface area contributed by atoms with E-state index in [0.717, 1.165) is 25.2 Å². The van der Waals surface area contributed by atoms with E-state index in [-0.39, 0.29) is 5.92 Å². The van der Waals surface area contributed by atoms with E-state index in [1.165, 1.54) is 5.56 Å². The molecule has 1 heterocycles. The summed E-state index contributed by atoms with van der Waals surface area (Å²) in [4.78, 5) is 14.1. The second-order valence-corrected chi connectivity index (χ2v) is 4.90. The quantitative estimate of drug-likeness (QED) is 0.822. The van der Waals surface area contributed by atoms with Gasteiger partial charge in [0, 0.05) is 31.1 Å². The lowest BCUT2D eigenvalue weighted by atomic mass is 10.0. The number of hydrogen-bond acceptors (Lipinski definition) is 2. The summed E-state index contributed by atoms with van der Waals surface area (Å²) < 4.78 is 0. The van der Waals surface area contributed by atoms with Gasteiger partial charge in [-0.3, -0.25) is 9.69 Å². The number of ketones is 1. The predicted octanol–water partition coefficient (Wildman–Crippen LogP) is 3.68. The fourth-order valence-electron chi connectivity index (χ4n) is 2.12. The molecule has 1 aliphatic heterocycles. The van der Waals surface area contributed by atoms with E-state index in [2.05, 4.69) is 35.2 Å². The fourth-order valence-corrected chi connectivity index (χ4v) is 2.12. The van der Waals surface area contributed by atoms with Crippen molar-refractivity contribution in [3.8, 4) is 0 Å². The van der Waals surface area contributed by atoms with Crippen LogP contribution < -0.4 is 0 Å². The van der Waals surface area contributed by atoms with Gasteiger partial charge in [-0.05, 0) is 5.56 Å². The fraction of sp³-hybridized carbons (Fsp3) is 0.471. The van der Waals surface area contributed by atoms with Crippen molar-refractivity contribution < 1.29 is 4.79 Å². The molecular weight excluding hydrogens is 234 g/mol. The van der Waals surface area contributed by atoms with Gasteiger partial charge in [0.05, 0.1) is 0 Å². The Kier molecular flexibility index (Phi) is 6.51. The highest BCUT2D eigenvalue weighted by Crippen LogP contribution is 2.16. The summed E-state index contributed by atoms with van der Waals surface area (Å²) in [5.74, 6) is 0.401. The molecule has 1 aromatic rings. The summed E-state index contributed by atoms with van der Waals surface area (Å²) >= 11 is 0. The van der Waals surface area contributed by atoms with Crippen LogP contribution in [-0.2, 0) is 11.3 Å². The molecule has 1 aliphatic rings. The van der Waals surface area contributed by atoms with Gasteiger partial charge in [-0.15, -0.1) is 0 Å². The molecule has 0 radical (unpaired) electrons. The molecule has 2 heteroatoms. The monoisotopic (exact) mass is 259 g/mol. The molecule has 0 saturated heterocycles. The van der Waals surface area contributed by atoms with Crippen molar-refractivity contribution >= 4 is 5.78 Å². The van der Waals surface area contributed by atoms with E-state index in [0.29, 0.717) is 5.78 Å². The molecular formula is C17H25NO. The summed E-state index contributed by atoms with van der Waals surface area (Å²) in [7, 11) is 0. The lowest BCUT2D eigenvalue weighted by Gasteiger charge is -2.16. The van der Waals surface area contributed by atoms with Gasteiger partial charge >= 0.3 is 0 Å². The van der Waals surface area contributed by atoms with Crippen molar-refractivity contribution in [1.82, 2.24) is 4.90 Å².